The van der Waals surface area contributed by atoms with Gasteiger partial charge in [-0.25, -0.2) is 0 Å². The molecule has 0 aliphatic carbocycles. The number of nitrogens with zero attached hydrogens (tertiary/aromatic N) is 1. The highest BCUT2D eigenvalue weighted by atomic mass is 16.5. The van der Waals surface area contributed by atoms with Crippen LogP contribution in [0.4, 0.5) is 0 Å². The maximum absolute atomic E-state index is 12.2. The lowest BCUT2D eigenvalue weighted by Gasteiger charge is -2.26. The van der Waals surface area contributed by atoms with Crippen LogP contribution in [-0.2, 0) is 19.1 Å². The summed E-state index contributed by atoms with van der Waals surface area (Å²) in [6.07, 6.45) is 1.65. The van der Waals surface area contributed by atoms with E-state index in [1.54, 1.807) is 34.0 Å². The van der Waals surface area contributed by atoms with Gasteiger partial charge >= 0.3 is 0 Å². The van der Waals surface area contributed by atoms with Gasteiger partial charge in [-0.2, -0.15) is 0 Å². The third-order valence-corrected chi connectivity index (χ3v) is 3.89. The summed E-state index contributed by atoms with van der Waals surface area (Å²) in [6.45, 7) is 3.35. The Labute approximate surface area is 110 Å². The van der Waals surface area contributed by atoms with Gasteiger partial charge in [-0.1, -0.05) is 0 Å². The van der Waals surface area contributed by atoms with Crippen molar-refractivity contribution in [3.8, 4) is 0 Å². The minimum Gasteiger partial charge on any atom is -0.350 e. The zero-order valence-electron chi connectivity index (χ0n) is 11.2. The SMILES string of the molecule is CN(C)C(=O)C1=CC2(C)OC1(C)C1=C2C(=O)NC1=O. The van der Waals surface area contributed by atoms with Gasteiger partial charge in [-0.05, 0) is 19.9 Å². The summed E-state index contributed by atoms with van der Waals surface area (Å²) >= 11 is 0. The first-order chi connectivity index (χ1) is 8.70. The molecule has 2 atom stereocenters. The summed E-state index contributed by atoms with van der Waals surface area (Å²) in [5.74, 6) is -1.12. The van der Waals surface area contributed by atoms with Crippen molar-refractivity contribution in [2.45, 2.75) is 25.0 Å². The number of ether oxygens (including phenoxy) is 1. The summed E-state index contributed by atoms with van der Waals surface area (Å²) in [6, 6.07) is 0. The Balaban J connectivity index is 2.18. The van der Waals surface area contributed by atoms with Gasteiger partial charge in [0.25, 0.3) is 17.7 Å². The number of likely N-dealkylation sites (N-methyl/N-ethyl adjacent to an activating group) is 1. The molecule has 0 saturated heterocycles. The molecular formula is C13H14N2O4. The van der Waals surface area contributed by atoms with E-state index in [1.165, 1.54) is 4.90 Å². The summed E-state index contributed by atoms with van der Waals surface area (Å²) in [4.78, 5) is 37.4. The van der Waals surface area contributed by atoms with Crippen LogP contribution in [0.2, 0.25) is 0 Å². The summed E-state index contributed by atoms with van der Waals surface area (Å²) in [5.41, 5.74) is -1.13. The van der Waals surface area contributed by atoms with E-state index in [1.807, 2.05) is 0 Å². The van der Waals surface area contributed by atoms with E-state index in [9.17, 15) is 14.4 Å². The Morgan fingerprint density at radius 2 is 1.79 bits per heavy atom. The fraction of sp³-hybridized carbons (Fsp3) is 0.462. The van der Waals surface area contributed by atoms with E-state index in [-0.39, 0.29) is 11.5 Å². The van der Waals surface area contributed by atoms with Crippen LogP contribution in [0.3, 0.4) is 0 Å². The molecule has 1 N–H and O–H groups in total. The number of fused-ring (bicyclic) bond motifs is 4. The van der Waals surface area contributed by atoms with Gasteiger partial charge in [0.05, 0.1) is 16.7 Å². The number of amides is 3. The molecule has 0 radical (unpaired) electrons. The topological polar surface area (TPSA) is 75.7 Å². The standard InChI is InChI=1S/C13H14N2O4/c1-12-5-6(11(18)15(3)4)13(2,19-12)8-7(12)9(16)14-10(8)17/h5H,1-4H3,(H,14,16,17). The normalized spacial score (nSPS) is 35.5. The van der Waals surface area contributed by atoms with E-state index in [0.717, 1.165) is 0 Å². The Morgan fingerprint density at radius 1 is 1.21 bits per heavy atom. The molecule has 0 fully saturated rings. The van der Waals surface area contributed by atoms with Crippen molar-refractivity contribution in [2.24, 2.45) is 0 Å². The van der Waals surface area contributed by atoms with Gasteiger partial charge in [0.2, 0.25) is 0 Å². The van der Waals surface area contributed by atoms with Crippen molar-refractivity contribution in [1.82, 2.24) is 10.2 Å². The third kappa shape index (κ3) is 1.22. The molecule has 0 aromatic carbocycles. The van der Waals surface area contributed by atoms with Crippen LogP contribution < -0.4 is 5.32 Å². The molecule has 2 bridgehead atoms. The molecule has 2 unspecified atom stereocenters. The molecule has 0 aromatic heterocycles. The molecule has 3 aliphatic heterocycles. The molecular weight excluding hydrogens is 248 g/mol. The highest BCUT2D eigenvalue weighted by Gasteiger charge is 2.64. The third-order valence-electron chi connectivity index (χ3n) is 3.89. The van der Waals surface area contributed by atoms with Crippen LogP contribution in [0, 0.1) is 0 Å². The number of hydrogen-bond acceptors (Lipinski definition) is 4. The Bertz CT molecular complexity index is 616. The van der Waals surface area contributed by atoms with Gasteiger partial charge < -0.3 is 9.64 Å². The first-order valence-electron chi connectivity index (χ1n) is 5.97. The molecule has 6 heteroatoms. The number of hydrogen-bond donors (Lipinski definition) is 1. The van der Waals surface area contributed by atoms with Gasteiger partial charge in [0.15, 0.2) is 0 Å². The van der Waals surface area contributed by atoms with Crippen molar-refractivity contribution in [2.75, 3.05) is 14.1 Å². The minimum atomic E-state index is -1.14. The first-order valence-corrected chi connectivity index (χ1v) is 5.97. The minimum absolute atomic E-state index is 0.218. The second-order valence-corrected chi connectivity index (χ2v) is 5.53. The molecule has 3 heterocycles. The van der Waals surface area contributed by atoms with Gasteiger partial charge in [-0.3, -0.25) is 19.7 Å². The zero-order valence-corrected chi connectivity index (χ0v) is 11.2. The van der Waals surface area contributed by atoms with E-state index in [2.05, 4.69) is 5.32 Å². The fourth-order valence-corrected chi connectivity index (χ4v) is 3.12. The number of rotatable bonds is 1. The molecule has 3 aliphatic rings. The molecule has 3 amide bonds. The van der Waals surface area contributed by atoms with Crippen LogP contribution in [0.1, 0.15) is 13.8 Å². The van der Waals surface area contributed by atoms with Crippen LogP contribution >= 0.6 is 0 Å². The lowest BCUT2D eigenvalue weighted by Crippen LogP contribution is -2.41. The van der Waals surface area contributed by atoms with Crippen molar-refractivity contribution in [1.29, 1.82) is 0 Å². The Hall–Kier alpha value is -1.95. The average molecular weight is 262 g/mol. The van der Waals surface area contributed by atoms with Crippen molar-refractivity contribution >= 4 is 17.7 Å². The van der Waals surface area contributed by atoms with E-state index in [0.29, 0.717) is 11.1 Å². The van der Waals surface area contributed by atoms with Crippen molar-refractivity contribution in [3.63, 3.8) is 0 Å². The molecule has 0 saturated carbocycles. The largest absolute Gasteiger partial charge is 0.350 e. The number of nitrogens with one attached hydrogen (secondary N) is 1. The smallest absolute Gasteiger partial charge is 0.257 e. The summed E-state index contributed by atoms with van der Waals surface area (Å²) in [5, 5.41) is 2.27. The summed E-state index contributed by atoms with van der Waals surface area (Å²) in [7, 11) is 3.27. The Kier molecular flexibility index (Phi) is 2.00. The van der Waals surface area contributed by atoms with E-state index >= 15 is 0 Å². The summed E-state index contributed by atoms with van der Waals surface area (Å²) < 4.78 is 5.84. The second-order valence-electron chi connectivity index (χ2n) is 5.53. The number of imide groups is 1. The van der Waals surface area contributed by atoms with Crippen LogP contribution in [-0.4, -0.2) is 47.9 Å². The lowest BCUT2D eigenvalue weighted by molar-refractivity contribution is -0.128. The predicted molar refractivity (Wildman–Crippen MR) is 64.8 cm³/mol. The quantitative estimate of drug-likeness (QED) is 0.647. The van der Waals surface area contributed by atoms with Gasteiger partial charge in [0, 0.05) is 14.1 Å². The zero-order chi connectivity index (χ0) is 14.2. The van der Waals surface area contributed by atoms with Crippen LogP contribution in [0.25, 0.3) is 0 Å². The molecule has 19 heavy (non-hydrogen) atoms. The fourth-order valence-electron chi connectivity index (χ4n) is 3.12. The Morgan fingerprint density at radius 3 is 2.37 bits per heavy atom. The van der Waals surface area contributed by atoms with Gasteiger partial charge in [-0.15, -0.1) is 0 Å². The highest BCUT2D eigenvalue weighted by molar-refractivity contribution is 6.24. The predicted octanol–water partition coefficient (Wildman–Crippen LogP) is -0.485. The number of carbonyl (C=O) groups excluding carboxylic acids is 3. The second kappa shape index (κ2) is 3.14. The monoisotopic (exact) mass is 262 g/mol. The molecule has 100 valence electrons. The van der Waals surface area contributed by atoms with E-state index in [4.69, 9.17) is 4.74 Å². The molecule has 3 rings (SSSR count). The molecule has 0 spiro atoms. The lowest BCUT2D eigenvalue weighted by atomic mass is 9.79. The highest BCUT2D eigenvalue weighted by Crippen LogP contribution is 2.54. The van der Waals surface area contributed by atoms with Crippen LogP contribution in [0.5, 0.6) is 0 Å². The van der Waals surface area contributed by atoms with Crippen molar-refractivity contribution in [3.05, 3.63) is 22.8 Å². The maximum Gasteiger partial charge on any atom is 0.257 e. The number of carbonyl (C=O) groups is 3. The first kappa shape index (κ1) is 12.1. The van der Waals surface area contributed by atoms with E-state index < -0.39 is 23.0 Å². The van der Waals surface area contributed by atoms with Crippen molar-refractivity contribution < 1.29 is 19.1 Å². The molecule has 0 aromatic rings. The maximum atomic E-state index is 12.2. The average Bonchev–Trinajstić information content (AvgIpc) is 2.82. The van der Waals surface area contributed by atoms with Crippen LogP contribution in [0.15, 0.2) is 22.8 Å². The van der Waals surface area contributed by atoms with Gasteiger partial charge in [0.1, 0.15) is 11.2 Å². The molecule has 6 nitrogen and oxygen atoms in total.